The van der Waals surface area contributed by atoms with E-state index >= 15 is 0 Å². The number of benzene rings is 2. The molecule has 0 spiro atoms. The van der Waals surface area contributed by atoms with Gasteiger partial charge in [0.2, 0.25) is 0 Å². The molecule has 2 aromatic carbocycles. The summed E-state index contributed by atoms with van der Waals surface area (Å²) in [6.07, 6.45) is 5.75. The average molecular weight is 385 g/mol. The van der Waals surface area contributed by atoms with Crippen LogP contribution in [0.3, 0.4) is 0 Å². The van der Waals surface area contributed by atoms with Crippen LogP contribution >= 0.6 is 11.6 Å². The first-order valence-corrected chi connectivity index (χ1v) is 10.5. The Kier molecular flexibility index (Phi) is 8.74. The van der Waals surface area contributed by atoms with E-state index in [2.05, 4.69) is 68.3 Å². The number of nitrogens with zero attached hydrogens (tertiary/aromatic N) is 1. The molecule has 2 rings (SSSR count). The summed E-state index contributed by atoms with van der Waals surface area (Å²) in [4.78, 5) is 2.52. The fourth-order valence-corrected chi connectivity index (χ4v) is 3.56. The Bertz CT molecular complexity index is 729. The molecule has 0 radical (unpaired) electrons. The van der Waals surface area contributed by atoms with E-state index in [1.807, 2.05) is 18.2 Å². The molecule has 1 N–H and O–H groups in total. The first-order valence-electron chi connectivity index (χ1n) is 10.1. The fourth-order valence-electron chi connectivity index (χ4n) is 3.33. The van der Waals surface area contributed by atoms with Crippen molar-refractivity contribution in [2.24, 2.45) is 0 Å². The molecule has 0 aliphatic heterocycles. The molecule has 146 valence electrons. The summed E-state index contributed by atoms with van der Waals surface area (Å²) in [7, 11) is 0. The van der Waals surface area contributed by atoms with E-state index in [1.54, 1.807) is 0 Å². The highest BCUT2D eigenvalue weighted by atomic mass is 35.5. The Morgan fingerprint density at radius 1 is 1.00 bits per heavy atom. The molecule has 0 amide bonds. The van der Waals surface area contributed by atoms with Crippen LogP contribution in [0, 0.1) is 6.92 Å². The topological polar surface area (TPSA) is 15.3 Å². The number of anilines is 1. The van der Waals surface area contributed by atoms with Crippen LogP contribution in [-0.4, -0.2) is 18.0 Å². The van der Waals surface area contributed by atoms with Gasteiger partial charge in [-0.05, 0) is 61.1 Å². The van der Waals surface area contributed by atoms with Gasteiger partial charge in [-0.3, -0.25) is 0 Å². The van der Waals surface area contributed by atoms with Crippen LogP contribution in [-0.2, 0) is 6.54 Å². The largest absolute Gasteiger partial charge is 0.381 e. The van der Waals surface area contributed by atoms with Gasteiger partial charge < -0.3 is 10.2 Å². The molecular weight excluding hydrogens is 352 g/mol. The molecule has 0 aliphatic rings. The van der Waals surface area contributed by atoms with E-state index in [1.165, 1.54) is 35.2 Å². The number of halogens is 1. The summed E-state index contributed by atoms with van der Waals surface area (Å²) < 4.78 is 0. The minimum Gasteiger partial charge on any atom is -0.381 e. The standard InChI is InChI=1S/C24H33ClN2/c1-5-8-24(27(15-6-2)16-7-3)21-11-9-20(10-12-21)18-26-23-14-13-22(25)17-19(23)4/h8-14,17,26H,5-7,15-16,18H2,1-4H3/b24-8+. The maximum atomic E-state index is 6.04. The Morgan fingerprint density at radius 3 is 2.22 bits per heavy atom. The number of hydrogen-bond donors (Lipinski definition) is 1. The zero-order valence-corrected chi connectivity index (χ0v) is 17.9. The van der Waals surface area contributed by atoms with Crippen LogP contribution in [0.4, 0.5) is 5.69 Å². The zero-order valence-electron chi connectivity index (χ0n) is 17.2. The lowest BCUT2D eigenvalue weighted by Crippen LogP contribution is -2.24. The van der Waals surface area contributed by atoms with Gasteiger partial charge in [-0.15, -0.1) is 0 Å². The van der Waals surface area contributed by atoms with Crippen molar-refractivity contribution in [1.82, 2.24) is 4.90 Å². The van der Waals surface area contributed by atoms with Crippen molar-refractivity contribution in [3.63, 3.8) is 0 Å². The van der Waals surface area contributed by atoms with Crippen molar-refractivity contribution in [3.05, 3.63) is 70.3 Å². The predicted molar refractivity (Wildman–Crippen MR) is 120 cm³/mol. The Hall–Kier alpha value is -1.93. The maximum absolute atomic E-state index is 6.04. The van der Waals surface area contributed by atoms with Crippen LogP contribution in [0.15, 0.2) is 48.5 Å². The van der Waals surface area contributed by atoms with E-state index in [9.17, 15) is 0 Å². The van der Waals surface area contributed by atoms with Gasteiger partial charge >= 0.3 is 0 Å². The van der Waals surface area contributed by atoms with Crippen LogP contribution in [0.1, 0.15) is 56.7 Å². The molecule has 3 heteroatoms. The van der Waals surface area contributed by atoms with Crippen molar-refractivity contribution in [2.75, 3.05) is 18.4 Å². The number of aryl methyl sites for hydroxylation is 1. The van der Waals surface area contributed by atoms with Crippen LogP contribution in [0.5, 0.6) is 0 Å². The molecule has 0 unspecified atom stereocenters. The fraction of sp³-hybridized carbons (Fsp3) is 0.417. The van der Waals surface area contributed by atoms with E-state index in [0.717, 1.165) is 36.8 Å². The third-order valence-electron chi connectivity index (χ3n) is 4.65. The van der Waals surface area contributed by atoms with E-state index in [4.69, 9.17) is 11.6 Å². The van der Waals surface area contributed by atoms with Crippen LogP contribution in [0.25, 0.3) is 5.70 Å². The molecule has 0 bridgehead atoms. The molecule has 0 heterocycles. The molecule has 2 nitrogen and oxygen atoms in total. The monoisotopic (exact) mass is 384 g/mol. The van der Waals surface area contributed by atoms with Gasteiger partial charge in [0, 0.05) is 36.0 Å². The summed E-state index contributed by atoms with van der Waals surface area (Å²) in [5.74, 6) is 0. The lowest BCUT2D eigenvalue weighted by Gasteiger charge is -2.27. The van der Waals surface area contributed by atoms with Gasteiger partial charge in [0.25, 0.3) is 0 Å². The van der Waals surface area contributed by atoms with Crippen molar-refractivity contribution in [3.8, 4) is 0 Å². The molecular formula is C24H33ClN2. The maximum Gasteiger partial charge on any atom is 0.0410 e. The zero-order chi connectivity index (χ0) is 19.6. The lowest BCUT2D eigenvalue weighted by atomic mass is 10.1. The minimum absolute atomic E-state index is 0.779. The molecule has 27 heavy (non-hydrogen) atoms. The quantitative estimate of drug-likeness (QED) is 0.468. The van der Waals surface area contributed by atoms with Crippen molar-refractivity contribution >= 4 is 23.0 Å². The third-order valence-corrected chi connectivity index (χ3v) is 4.88. The Balaban J connectivity index is 2.10. The van der Waals surface area contributed by atoms with E-state index in [0.29, 0.717) is 0 Å². The molecule has 0 atom stereocenters. The van der Waals surface area contributed by atoms with E-state index < -0.39 is 0 Å². The summed E-state index contributed by atoms with van der Waals surface area (Å²) in [6, 6.07) is 14.9. The normalized spacial score (nSPS) is 11.5. The Labute approximate surface area is 170 Å². The summed E-state index contributed by atoms with van der Waals surface area (Å²) >= 11 is 6.04. The molecule has 0 aliphatic carbocycles. The van der Waals surface area contributed by atoms with Gasteiger partial charge in [0.05, 0.1) is 0 Å². The number of hydrogen-bond acceptors (Lipinski definition) is 2. The predicted octanol–water partition coefficient (Wildman–Crippen LogP) is 7.13. The van der Waals surface area contributed by atoms with Crippen molar-refractivity contribution < 1.29 is 0 Å². The van der Waals surface area contributed by atoms with Crippen molar-refractivity contribution in [1.29, 1.82) is 0 Å². The number of allylic oxidation sites excluding steroid dienone is 1. The molecule has 2 aromatic rings. The Morgan fingerprint density at radius 2 is 1.67 bits per heavy atom. The lowest BCUT2D eigenvalue weighted by molar-refractivity contribution is 0.395. The second kappa shape index (κ2) is 11.0. The van der Waals surface area contributed by atoms with Crippen LogP contribution < -0.4 is 5.32 Å². The molecule has 0 saturated carbocycles. The molecule has 0 fully saturated rings. The minimum atomic E-state index is 0.779. The van der Waals surface area contributed by atoms with Gasteiger partial charge in [-0.25, -0.2) is 0 Å². The van der Waals surface area contributed by atoms with Gasteiger partial charge in [-0.1, -0.05) is 62.7 Å². The van der Waals surface area contributed by atoms with Gasteiger partial charge in [0.1, 0.15) is 0 Å². The second-order valence-corrected chi connectivity index (χ2v) is 7.43. The third kappa shape index (κ3) is 6.32. The summed E-state index contributed by atoms with van der Waals surface area (Å²) in [5.41, 5.74) is 6.26. The van der Waals surface area contributed by atoms with E-state index in [-0.39, 0.29) is 0 Å². The highest BCUT2D eigenvalue weighted by molar-refractivity contribution is 6.30. The first kappa shape index (κ1) is 21.4. The highest BCUT2D eigenvalue weighted by Crippen LogP contribution is 2.23. The summed E-state index contributed by atoms with van der Waals surface area (Å²) in [5, 5.41) is 4.29. The van der Waals surface area contributed by atoms with Crippen molar-refractivity contribution in [2.45, 2.75) is 53.5 Å². The number of rotatable bonds is 10. The van der Waals surface area contributed by atoms with Crippen LogP contribution in [0.2, 0.25) is 5.02 Å². The van der Waals surface area contributed by atoms with Gasteiger partial charge in [-0.2, -0.15) is 0 Å². The average Bonchev–Trinajstić information content (AvgIpc) is 2.66. The summed E-state index contributed by atoms with van der Waals surface area (Å²) in [6.45, 7) is 11.8. The highest BCUT2D eigenvalue weighted by Gasteiger charge is 2.10. The SMILES string of the molecule is CC/C=C(\c1ccc(CNc2ccc(Cl)cc2C)cc1)N(CCC)CCC. The first-order chi connectivity index (χ1) is 13.1. The number of nitrogens with one attached hydrogen (secondary N) is 1. The smallest absolute Gasteiger partial charge is 0.0410 e. The second-order valence-electron chi connectivity index (χ2n) is 6.99. The van der Waals surface area contributed by atoms with Gasteiger partial charge in [0.15, 0.2) is 0 Å². The molecule has 0 saturated heterocycles. The molecule has 0 aromatic heterocycles.